The Balaban J connectivity index is 2.31. The largest absolute Gasteiger partial charge is 0.464 e. The summed E-state index contributed by atoms with van der Waals surface area (Å²) in [5.41, 5.74) is 1.93. The van der Waals surface area contributed by atoms with Crippen LogP contribution in [-0.2, 0) is 30.6 Å². The minimum atomic E-state index is -0.688. The molecule has 2 aromatic carbocycles. The Morgan fingerprint density at radius 3 is 2.47 bits per heavy atom. The van der Waals surface area contributed by atoms with Crippen molar-refractivity contribution in [3.8, 4) is 0 Å². The van der Waals surface area contributed by atoms with E-state index >= 15 is 0 Å². The summed E-state index contributed by atoms with van der Waals surface area (Å²) in [6.45, 7) is 2.44. The first kappa shape index (κ1) is 23.3. The Labute approximate surface area is 179 Å². The number of carbonyl (C=O) groups is 1. The van der Waals surface area contributed by atoms with Crippen LogP contribution in [-0.4, -0.2) is 44.8 Å². The summed E-state index contributed by atoms with van der Waals surface area (Å²) >= 11 is 6.31. The van der Waals surface area contributed by atoms with E-state index in [1.165, 1.54) is 26.4 Å². The molecule has 30 heavy (non-hydrogen) atoms. The lowest BCUT2D eigenvalue weighted by molar-refractivity contribution is -0.132. The molecule has 0 heterocycles. The van der Waals surface area contributed by atoms with Crippen molar-refractivity contribution in [1.29, 1.82) is 0 Å². The fraction of sp³-hybridized carbons (Fsp3) is 0.286. The number of methoxy groups -OCH3 is 1. The summed E-state index contributed by atoms with van der Waals surface area (Å²) in [7, 11) is 2.55. The van der Waals surface area contributed by atoms with Crippen LogP contribution in [0.25, 0.3) is 0 Å². The molecule has 0 fully saturated rings. The zero-order valence-electron chi connectivity index (χ0n) is 16.9. The van der Waals surface area contributed by atoms with E-state index in [0.29, 0.717) is 34.0 Å². The van der Waals surface area contributed by atoms with E-state index in [2.05, 4.69) is 10.3 Å². The Hall–Kier alpha value is -2.97. The molecule has 9 heteroatoms. The van der Waals surface area contributed by atoms with Crippen LogP contribution in [0.2, 0.25) is 5.02 Å². The lowest BCUT2D eigenvalue weighted by Gasteiger charge is -2.12. The van der Waals surface area contributed by atoms with Gasteiger partial charge in [0.05, 0.1) is 13.7 Å². The highest BCUT2D eigenvalue weighted by Gasteiger charge is 2.21. The maximum atomic E-state index is 13.2. The minimum absolute atomic E-state index is 0.0573. The number of rotatable bonds is 10. The van der Waals surface area contributed by atoms with Crippen molar-refractivity contribution < 1.29 is 28.3 Å². The zero-order valence-corrected chi connectivity index (χ0v) is 17.6. The number of oxime groups is 2. The molecule has 0 atom stereocenters. The van der Waals surface area contributed by atoms with E-state index in [4.69, 9.17) is 30.7 Å². The summed E-state index contributed by atoms with van der Waals surface area (Å²) in [6, 6.07) is 10.8. The molecule has 0 bridgehead atoms. The van der Waals surface area contributed by atoms with E-state index < -0.39 is 5.97 Å². The van der Waals surface area contributed by atoms with Gasteiger partial charge in [0, 0.05) is 28.3 Å². The second-order valence-corrected chi connectivity index (χ2v) is 6.24. The second-order valence-electron chi connectivity index (χ2n) is 5.84. The number of carbonyl (C=O) groups excluding carboxylic acids is 1. The fourth-order valence-corrected chi connectivity index (χ4v) is 2.72. The van der Waals surface area contributed by atoms with Crippen LogP contribution in [0.15, 0.2) is 52.8 Å². The second kappa shape index (κ2) is 11.9. The van der Waals surface area contributed by atoms with Gasteiger partial charge in [0.15, 0.2) is 5.71 Å². The average molecular weight is 437 g/mol. The van der Waals surface area contributed by atoms with Crippen LogP contribution in [0.3, 0.4) is 0 Å². The number of benzene rings is 2. The smallest absolute Gasteiger partial charge is 0.360 e. The molecule has 0 aliphatic rings. The molecule has 0 aliphatic carbocycles. The van der Waals surface area contributed by atoms with Crippen LogP contribution < -0.4 is 0 Å². The third kappa shape index (κ3) is 6.27. The number of halogens is 2. The van der Waals surface area contributed by atoms with Gasteiger partial charge >= 0.3 is 5.97 Å². The van der Waals surface area contributed by atoms with Crippen molar-refractivity contribution in [3.63, 3.8) is 0 Å². The highest BCUT2D eigenvalue weighted by atomic mass is 35.5. The van der Waals surface area contributed by atoms with Gasteiger partial charge in [0.25, 0.3) is 0 Å². The summed E-state index contributed by atoms with van der Waals surface area (Å²) in [6.07, 6.45) is 0. The SMILES string of the molecule is CCOC/C(=N\OCc1c(Cl)cccc1/C(=N\OC)C(=O)OC)c1ccc(F)cc1. The van der Waals surface area contributed by atoms with Gasteiger partial charge in [-0.2, -0.15) is 0 Å². The molecule has 160 valence electrons. The lowest BCUT2D eigenvalue weighted by atomic mass is 10.0. The molecule has 0 unspecified atom stereocenters. The topological polar surface area (TPSA) is 78.7 Å². The summed E-state index contributed by atoms with van der Waals surface area (Å²) in [5.74, 6) is -1.05. The Bertz CT molecular complexity index is 916. The Morgan fingerprint density at radius 1 is 1.10 bits per heavy atom. The van der Waals surface area contributed by atoms with Crippen molar-refractivity contribution in [3.05, 3.63) is 70.0 Å². The molecular formula is C21H22ClFN2O5. The van der Waals surface area contributed by atoms with Gasteiger partial charge in [0.1, 0.15) is 25.2 Å². The Kier molecular flexibility index (Phi) is 9.24. The molecule has 7 nitrogen and oxygen atoms in total. The van der Waals surface area contributed by atoms with E-state index in [1.54, 1.807) is 30.3 Å². The van der Waals surface area contributed by atoms with E-state index in [1.807, 2.05) is 6.92 Å². The third-order valence-corrected chi connectivity index (χ3v) is 4.29. The van der Waals surface area contributed by atoms with Gasteiger partial charge in [0.2, 0.25) is 0 Å². The van der Waals surface area contributed by atoms with Crippen molar-refractivity contribution in [2.75, 3.05) is 27.4 Å². The van der Waals surface area contributed by atoms with E-state index in [0.717, 1.165) is 0 Å². The number of nitrogens with zero attached hydrogens (tertiary/aromatic N) is 2. The van der Waals surface area contributed by atoms with Gasteiger partial charge in [-0.05, 0) is 25.1 Å². The van der Waals surface area contributed by atoms with Crippen molar-refractivity contribution in [2.24, 2.45) is 10.3 Å². The normalized spacial score (nSPS) is 11.9. The maximum Gasteiger partial charge on any atom is 0.360 e. The standard InChI is InChI=1S/C21H22ClFN2O5/c1-4-29-13-19(14-8-10-15(23)11-9-14)24-30-12-17-16(6-5-7-18(17)22)20(25-28-3)21(26)27-2/h5-11H,4,12-13H2,1-3H3/b24-19+,25-20+. The van der Waals surface area contributed by atoms with Crippen LogP contribution in [0.5, 0.6) is 0 Å². The molecule has 0 spiro atoms. The molecule has 0 saturated carbocycles. The Morgan fingerprint density at radius 2 is 1.83 bits per heavy atom. The van der Waals surface area contributed by atoms with Crippen LogP contribution in [0.4, 0.5) is 4.39 Å². The molecule has 0 N–H and O–H groups in total. The summed E-state index contributed by atoms with van der Waals surface area (Å²) < 4.78 is 23.4. The van der Waals surface area contributed by atoms with Crippen molar-refractivity contribution in [2.45, 2.75) is 13.5 Å². The van der Waals surface area contributed by atoms with Crippen LogP contribution in [0, 0.1) is 5.82 Å². The maximum absolute atomic E-state index is 13.2. The minimum Gasteiger partial charge on any atom is -0.464 e. The highest BCUT2D eigenvalue weighted by molar-refractivity contribution is 6.44. The molecule has 0 aromatic heterocycles. The van der Waals surface area contributed by atoms with E-state index in [9.17, 15) is 9.18 Å². The van der Waals surface area contributed by atoms with Crippen molar-refractivity contribution in [1.82, 2.24) is 0 Å². The monoisotopic (exact) mass is 436 g/mol. The first-order valence-corrected chi connectivity index (χ1v) is 9.39. The molecular weight excluding hydrogens is 415 g/mol. The third-order valence-electron chi connectivity index (χ3n) is 3.94. The van der Waals surface area contributed by atoms with E-state index in [-0.39, 0.29) is 24.7 Å². The van der Waals surface area contributed by atoms with Crippen LogP contribution in [0.1, 0.15) is 23.6 Å². The quantitative estimate of drug-likeness (QED) is 0.320. The lowest BCUT2D eigenvalue weighted by Crippen LogP contribution is -2.19. The molecule has 0 aliphatic heterocycles. The number of esters is 1. The number of hydrogen-bond acceptors (Lipinski definition) is 7. The number of ether oxygens (including phenoxy) is 2. The predicted octanol–water partition coefficient (Wildman–Crippen LogP) is 3.96. The van der Waals surface area contributed by atoms with Gasteiger partial charge in [-0.1, -0.05) is 46.2 Å². The molecule has 2 aromatic rings. The van der Waals surface area contributed by atoms with Gasteiger partial charge in [-0.25, -0.2) is 9.18 Å². The predicted molar refractivity (Wildman–Crippen MR) is 111 cm³/mol. The molecule has 0 radical (unpaired) electrons. The summed E-state index contributed by atoms with van der Waals surface area (Å²) in [4.78, 5) is 22.4. The molecule has 0 amide bonds. The van der Waals surface area contributed by atoms with Crippen molar-refractivity contribution >= 4 is 29.0 Å². The average Bonchev–Trinajstić information content (AvgIpc) is 2.75. The molecule has 0 saturated heterocycles. The number of hydrogen-bond donors (Lipinski definition) is 0. The first-order valence-electron chi connectivity index (χ1n) is 9.01. The van der Waals surface area contributed by atoms with Crippen LogP contribution >= 0.6 is 11.6 Å². The van der Waals surface area contributed by atoms with Gasteiger partial charge in [-0.3, -0.25) is 0 Å². The van der Waals surface area contributed by atoms with Gasteiger partial charge < -0.3 is 19.1 Å². The zero-order chi connectivity index (χ0) is 21.9. The molecule has 2 rings (SSSR count). The fourth-order valence-electron chi connectivity index (χ4n) is 2.49. The van der Waals surface area contributed by atoms with Gasteiger partial charge in [-0.15, -0.1) is 0 Å². The first-order chi connectivity index (χ1) is 14.5. The summed E-state index contributed by atoms with van der Waals surface area (Å²) in [5, 5.41) is 8.23. The highest BCUT2D eigenvalue weighted by Crippen LogP contribution is 2.23.